The van der Waals surface area contributed by atoms with Crippen LogP contribution in [0.1, 0.15) is 0 Å². The molecule has 0 N–H and O–H groups in total. The Bertz CT molecular complexity index is 1970. The smallest absolute Gasteiger partial charge is 0.270 e. The van der Waals surface area contributed by atoms with Crippen molar-refractivity contribution >= 4 is 28.9 Å². The second-order valence-electron chi connectivity index (χ2n) is 8.86. The molecule has 0 spiro atoms. The molecule has 0 radical (unpaired) electrons. The molecule has 6 aromatic rings. The molecule has 2 aromatic heterocycles. The molecule has 0 aliphatic heterocycles. The molecular formula is C31H20N4O3S. The van der Waals surface area contributed by atoms with Gasteiger partial charge in [0.25, 0.3) is 11.2 Å². The van der Waals surface area contributed by atoms with E-state index in [1.807, 2.05) is 97.1 Å². The van der Waals surface area contributed by atoms with Crippen molar-refractivity contribution < 1.29 is 4.92 Å². The zero-order chi connectivity index (χ0) is 26.9. The molecule has 0 saturated carbocycles. The standard InChI is InChI=1S/C31H20N4O3S/c36-30-28-26(22-13-10-18-25(19-22)35(37)38)20-27(21-11-4-1-5-12-21)32-29(28)33(23-14-6-2-7-15-23)31(39)34(30)24-16-8-3-9-17-24/h1-20H. The van der Waals surface area contributed by atoms with E-state index in [9.17, 15) is 14.9 Å². The SMILES string of the molecule is O=c1c2c(-c3cccc([N+](=O)[O-])c3)cc(-c3ccccc3)nc2n(-c2ccccc2)c(=S)n1-c1ccccc1. The van der Waals surface area contributed by atoms with Crippen LogP contribution in [-0.4, -0.2) is 19.0 Å². The fraction of sp³-hybridized carbons (Fsp3) is 0. The molecule has 6 rings (SSSR count). The van der Waals surface area contributed by atoms with E-state index in [2.05, 4.69) is 0 Å². The third-order valence-corrected chi connectivity index (χ3v) is 6.84. The molecule has 0 aliphatic carbocycles. The summed E-state index contributed by atoms with van der Waals surface area (Å²) >= 11 is 5.94. The minimum absolute atomic E-state index is 0.0714. The van der Waals surface area contributed by atoms with Gasteiger partial charge >= 0.3 is 0 Å². The number of pyridine rings is 1. The molecule has 188 valence electrons. The van der Waals surface area contributed by atoms with Gasteiger partial charge in [0.15, 0.2) is 10.4 Å². The van der Waals surface area contributed by atoms with Crippen LogP contribution in [0.4, 0.5) is 5.69 Å². The first-order chi connectivity index (χ1) is 19.0. The van der Waals surface area contributed by atoms with Gasteiger partial charge in [-0.25, -0.2) is 4.98 Å². The molecule has 2 heterocycles. The Kier molecular flexibility index (Phi) is 6.14. The average molecular weight is 529 g/mol. The molecule has 7 nitrogen and oxygen atoms in total. The number of benzene rings is 4. The summed E-state index contributed by atoms with van der Waals surface area (Å²) in [6, 6.07) is 36.3. The van der Waals surface area contributed by atoms with Crippen molar-refractivity contribution in [1.82, 2.24) is 14.1 Å². The molecule has 0 aliphatic rings. The van der Waals surface area contributed by atoms with E-state index in [1.54, 1.807) is 16.7 Å². The van der Waals surface area contributed by atoms with Crippen molar-refractivity contribution in [1.29, 1.82) is 0 Å². The van der Waals surface area contributed by atoms with Gasteiger partial charge in [-0.1, -0.05) is 78.9 Å². The van der Waals surface area contributed by atoms with Crippen LogP contribution in [0.15, 0.2) is 126 Å². The largest absolute Gasteiger partial charge is 0.270 e. The molecule has 4 aromatic carbocycles. The van der Waals surface area contributed by atoms with Crippen molar-refractivity contribution in [2.45, 2.75) is 0 Å². The van der Waals surface area contributed by atoms with Crippen LogP contribution in [-0.2, 0) is 0 Å². The maximum atomic E-state index is 14.3. The van der Waals surface area contributed by atoms with Crippen molar-refractivity contribution in [2.75, 3.05) is 0 Å². The number of nitro benzene ring substituents is 1. The first kappa shape index (κ1) is 24.1. The zero-order valence-electron chi connectivity index (χ0n) is 20.5. The predicted octanol–water partition coefficient (Wildman–Crippen LogP) is 7.15. The number of hydrogen-bond donors (Lipinski definition) is 0. The van der Waals surface area contributed by atoms with Gasteiger partial charge in [-0.2, -0.15) is 0 Å². The summed E-state index contributed by atoms with van der Waals surface area (Å²) in [7, 11) is 0. The molecule has 0 unspecified atom stereocenters. The fourth-order valence-corrected chi connectivity index (χ4v) is 5.06. The quantitative estimate of drug-likeness (QED) is 0.135. The van der Waals surface area contributed by atoms with Crippen LogP contribution >= 0.6 is 12.2 Å². The van der Waals surface area contributed by atoms with Crippen LogP contribution < -0.4 is 5.56 Å². The molecular weight excluding hydrogens is 508 g/mol. The lowest BCUT2D eigenvalue weighted by molar-refractivity contribution is -0.384. The first-order valence-electron chi connectivity index (χ1n) is 12.2. The van der Waals surface area contributed by atoms with Gasteiger partial charge in [-0.15, -0.1) is 0 Å². The Morgan fingerprint density at radius 3 is 1.87 bits per heavy atom. The van der Waals surface area contributed by atoms with E-state index in [-0.39, 0.29) is 16.0 Å². The van der Waals surface area contributed by atoms with Crippen molar-refractivity contribution in [2.24, 2.45) is 0 Å². The topological polar surface area (TPSA) is 83.0 Å². The Hall–Kier alpha value is -5.21. The Morgan fingerprint density at radius 2 is 1.26 bits per heavy atom. The molecule has 0 fully saturated rings. The summed E-state index contributed by atoms with van der Waals surface area (Å²) < 4.78 is 3.52. The number of hydrogen-bond acceptors (Lipinski definition) is 5. The lowest BCUT2D eigenvalue weighted by Crippen LogP contribution is -2.25. The minimum atomic E-state index is -0.446. The maximum absolute atomic E-state index is 14.3. The lowest BCUT2D eigenvalue weighted by atomic mass is 9.99. The van der Waals surface area contributed by atoms with Gasteiger partial charge in [-0.3, -0.25) is 24.0 Å². The highest BCUT2D eigenvalue weighted by atomic mass is 32.1. The van der Waals surface area contributed by atoms with Gasteiger partial charge in [-0.05, 0) is 48.1 Å². The van der Waals surface area contributed by atoms with Crippen LogP contribution in [0.25, 0.3) is 44.8 Å². The summed E-state index contributed by atoms with van der Waals surface area (Å²) in [5.74, 6) is 0. The number of nitro groups is 1. The molecule has 0 atom stereocenters. The average Bonchev–Trinajstić information content (AvgIpc) is 2.98. The molecule has 0 amide bonds. The number of non-ortho nitro benzene ring substituents is 1. The number of aromatic nitrogens is 3. The summed E-state index contributed by atoms with van der Waals surface area (Å²) in [6.45, 7) is 0. The Labute approximate surface area is 228 Å². The van der Waals surface area contributed by atoms with Crippen molar-refractivity contribution in [3.05, 3.63) is 147 Å². The lowest BCUT2D eigenvalue weighted by Gasteiger charge is -2.18. The van der Waals surface area contributed by atoms with Crippen molar-refractivity contribution in [3.63, 3.8) is 0 Å². The van der Waals surface area contributed by atoms with E-state index >= 15 is 0 Å². The molecule has 8 heteroatoms. The van der Waals surface area contributed by atoms with E-state index < -0.39 is 4.92 Å². The van der Waals surface area contributed by atoms with Gasteiger partial charge in [0.1, 0.15) is 0 Å². The van der Waals surface area contributed by atoms with Gasteiger partial charge < -0.3 is 0 Å². The highest BCUT2D eigenvalue weighted by molar-refractivity contribution is 7.71. The van der Waals surface area contributed by atoms with E-state index in [4.69, 9.17) is 17.2 Å². The van der Waals surface area contributed by atoms with E-state index in [0.29, 0.717) is 33.5 Å². The van der Waals surface area contributed by atoms with Crippen molar-refractivity contribution in [3.8, 4) is 33.8 Å². The third kappa shape index (κ3) is 4.32. The van der Waals surface area contributed by atoms with Gasteiger partial charge in [0.2, 0.25) is 0 Å². The highest BCUT2D eigenvalue weighted by Gasteiger charge is 2.21. The molecule has 0 bridgehead atoms. The zero-order valence-corrected chi connectivity index (χ0v) is 21.3. The second-order valence-corrected chi connectivity index (χ2v) is 9.22. The first-order valence-corrected chi connectivity index (χ1v) is 12.6. The number of fused-ring (bicyclic) bond motifs is 1. The maximum Gasteiger partial charge on any atom is 0.270 e. The summed E-state index contributed by atoms with van der Waals surface area (Å²) in [5, 5.41) is 11.9. The van der Waals surface area contributed by atoms with E-state index in [0.717, 1.165) is 11.3 Å². The van der Waals surface area contributed by atoms with Gasteiger partial charge in [0.05, 0.1) is 21.7 Å². The van der Waals surface area contributed by atoms with Crippen LogP contribution in [0.3, 0.4) is 0 Å². The predicted molar refractivity (Wildman–Crippen MR) is 155 cm³/mol. The number of nitrogens with zero attached hydrogens (tertiary/aromatic N) is 4. The monoisotopic (exact) mass is 528 g/mol. The van der Waals surface area contributed by atoms with Crippen LogP contribution in [0.5, 0.6) is 0 Å². The Morgan fingerprint density at radius 1 is 0.692 bits per heavy atom. The van der Waals surface area contributed by atoms with Gasteiger partial charge in [0, 0.05) is 28.9 Å². The summed E-state index contributed by atoms with van der Waals surface area (Å²) in [4.78, 5) is 30.5. The number of rotatable bonds is 5. The second kappa shape index (κ2) is 9.92. The third-order valence-electron chi connectivity index (χ3n) is 6.48. The van der Waals surface area contributed by atoms with E-state index in [1.165, 1.54) is 16.7 Å². The summed E-state index contributed by atoms with van der Waals surface area (Å²) in [6.07, 6.45) is 0. The molecule has 0 saturated heterocycles. The molecule has 39 heavy (non-hydrogen) atoms. The fourth-order valence-electron chi connectivity index (χ4n) is 4.68. The Balaban J connectivity index is 1.83. The summed E-state index contributed by atoms with van der Waals surface area (Å²) in [5.41, 5.74) is 3.78. The highest BCUT2D eigenvalue weighted by Crippen LogP contribution is 2.33. The number of para-hydroxylation sites is 2. The normalized spacial score (nSPS) is 11.0. The minimum Gasteiger partial charge on any atom is -0.270 e. The van der Waals surface area contributed by atoms with Crippen LogP contribution in [0.2, 0.25) is 0 Å². The van der Waals surface area contributed by atoms with Crippen LogP contribution in [0, 0.1) is 14.9 Å².